The van der Waals surface area contributed by atoms with Crippen molar-refractivity contribution in [3.63, 3.8) is 0 Å². The van der Waals surface area contributed by atoms with Gasteiger partial charge in [-0.2, -0.15) is 0 Å². The zero-order chi connectivity index (χ0) is 23.7. The van der Waals surface area contributed by atoms with E-state index in [0.29, 0.717) is 35.0 Å². The van der Waals surface area contributed by atoms with Gasteiger partial charge in [-0.25, -0.2) is 4.98 Å². The Bertz CT molecular complexity index is 1350. The van der Waals surface area contributed by atoms with Gasteiger partial charge in [-0.15, -0.1) is 0 Å². The maximum atomic E-state index is 13.3. The van der Waals surface area contributed by atoms with Crippen LogP contribution in [0.3, 0.4) is 0 Å². The Hall–Kier alpha value is -4.30. The first-order valence-electron chi connectivity index (χ1n) is 11.0. The number of hydrogen-bond donors (Lipinski definition) is 5. The molecule has 172 valence electrons. The highest BCUT2D eigenvalue weighted by atomic mass is 16.3. The number of aryl methyl sites for hydroxylation is 1. The van der Waals surface area contributed by atoms with E-state index in [1.165, 1.54) is 0 Å². The topological polar surface area (TPSA) is 111 Å². The molecule has 1 unspecified atom stereocenters. The minimum Gasteiger partial charge on any atom is -0.508 e. The molecule has 0 saturated carbocycles. The lowest BCUT2D eigenvalue weighted by atomic mass is 10.1. The van der Waals surface area contributed by atoms with Crippen molar-refractivity contribution in [1.29, 1.82) is 0 Å². The summed E-state index contributed by atoms with van der Waals surface area (Å²) in [5.74, 6) is 1.19. The monoisotopic (exact) mass is 455 g/mol. The van der Waals surface area contributed by atoms with Crippen LogP contribution in [0.5, 0.6) is 5.75 Å². The molecule has 8 nitrogen and oxygen atoms in total. The number of furan rings is 1. The summed E-state index contributed by atoms with van der Waals surface area (Å²) in [5, 5.41) is 22.9. The maximum absolute atomic E-state index is 13.3. The Balaban J connectivity index is 1.39. The van der Waals surface area contributed by atoms with Crippen molar-refractivity contribution in [2.24, 2.45) is 0 Å². The van der Waals surface area contributed by atoms with Crippen LogP contribution in [0.4, 0.5) is 28.6 Å². The van der Waals surface area contributed by atoms with Gasteiger partial charge in [0.15, 0.2) is 0 Å². The van der Waals surface area contributed by atoms with E-state index in [9.17, 15) is 9.90 Å². The van der Waals surface area contributed by atoms with Gasteiger partial charge in [0.1, 0.15) is 22.9 Å². The SMILES string of the molecule is Cc1ccc(O)cc1Nc1ccnc2c1C(=O)Nc1cc(CNC(C)c3ccco3)ccc1N2. The summed E-state index contributed by atoms with van der Waals surface area (Å²) in [6, 6.07) is 16.6. The van der Waals surface area contributed by atoms with Gasteiger partial charge in [0.05, 0.1) is 29.4 Å². The van der Waals surface area contributed by atoms with Gasteiger partial charge in [-0.05, 0) is 61.4 Å². The molecule has 4 aromatic rings. The van der Waals surface area contributed by atoms with Gasteiger partial charge >= 0.3 is 0 Å². The van der Waals surface area contributed by atoms with Crippen molar-refractivity contribution in [2.75, 3.05) is 16.0 Å². The molecule has 1 amide bonds. The number of nitrogens with one attached hydrogen (secondary N) is 4. The Morgan fingerprint density at radius 1 is 1.06 bits per heavy atom. The van der Waals surface area contributed by atoms with Crippen LogP contribution in [-0.2, 0) is 6.54 Å². The molecule has 2 aromatic carbocycles. The predicted molar refractivity (Wildman–Crippen MR) is 132 cm³/mol. The Kier molecular flexibility index (Phi) is 5.65. The normalized spacial score (nSPS) is 13.2. The standard InChI is InChI=1S/C26H25N5O3/c1-15-5-7-18(32)13-21(15)29-20-9-10-27-25-24(20)26(33)31-22-12-17(6-8-19(22)30-25)14-28-16(2)23-4-3-11-34-23/h3-13,16,28,32H,14H2,1-2H3,(H,31,33)(H2,27,29,30). The van der Waals surface area contributed by atoms with E-state index in [1.54, 1.807) is 30.7 Å². The molecule has 0 saturated heterocycles. The van der Waals surface area contributed by atoms with E-state index in [4.69, 9.17) is 4.42 Å². The largest absolute Gasteiger partial charge is 0.508 e. The lowest BCUT2D eigenvalue weighted by Crippen LogP contribution is -2.18. The number of phenolic OH excluding ortho intramolecular Hbond substituents is 1. The number of fused-ring (bicyclic) bond motifs is 2. The average Bonchev–Trinajstić information content (AvgIpc) is 3.32. The number of benzene rings is 2. The highest BCUT2D eigenvalue weighted by Gasteiger charge is 2.24. The van der Waals surface area contributed by atoms with Crippen LogP contribution in [0.1, 0.15) is 40.2 Å². The third-order valence-corrected chi connectivity index (χ3v) is 5.84. The number of carbonyl (C=O) groups excluding carboxylic acids is 1. The molecule has 1 atom stereocenters. The second-order valence-corrected chi connectivity index (χ2v) is 8.28. The van der Waals surface area contributed by atoms with Crippen molar-refractivity contribution >= 4 is 34.5 Å². The summed E-state index contributed by atoms with van der Waals surface area (Å²) >= 11 is 0. The number of carbonyl (C=O) groups is 1. The minimum absolute atomic E-state index is 0.0597. The predicted octanol–water partition coefficient (Wildman–Crippen LogP) is 5.59. The number of hydrogen-bond acceptors (Lipinski definition) is 7. The van der Waals surface area contributed by atoms with Crippen LogP contribution in [-0.4, -0.2) is 16.0 Å². The highest BCUT2D eigenvalue weighted by molar-refractivity contribution is 6.15. The molecule has 0 bridgehead atoms. The molecule has 0 spiro atoms. The van der Waals surface area contributed by atoms with E-state index in [2.05, 4.69) is 26.3 Å². The van der Waals surface area contributed by atoms with Crippen LogP contribution in [0, 0.1) is 6.92 Å². The smallest absolute Gasteiger partial charge is 0.261 e. The van der Waals surface area contributed by atoms with Crippen LogP contribution in [0.15, 0.2) is 71.5 Å². The number of nitrogens with zero attached hydrogens (tertiary/aromatic N) is 1. The van der Waals surface area contributed by atoms with Crippen LogP contribution >= 0.6 is 0 Å². The number of rotatable bonds is 6. The average molecular weight is 456 g/mol. The number of aromatic hydroxyl groups is 1. The van der Waals surface area contributed by atoms with Crippen LogP contribution in [0.2, 0.25) is 0 Å². The van der Waals surface area contributed by atoms with Crippen LogP contribution < -0.4 is 21.3 Å². The second kappa shape index (κ2) is 8.92. The summed E-state index contributed by atoms with van der Waals surface area (Å²) < 4.78 is 5.45. The molecule has 0 fully saturated rings. The first-order chi connectivity index (χ1) is 16.5. The van der Waals surface area contributed by atoms with Crippen molar-refractivity contribution in [3.8, 4) is 5.75 Å². The van der Waals surface area contributed by atoms with Gasteiger partial charge < -0.3 is 30.8 Å². The second-order valence-electron chi connectivity index (χ2n) is 8.28. The van der Waals surface area contributed by atoms with Crippen molar-refractivity contribution < 1.29 is 14.3 Å². The molecule has 5 rings (SSSR count). The Morgan fingerprint density at radius 2 is 1.94 bits per heavy atom. The van der Waals surface area contributed by atoms with Crippen molar-refractivity contribution in [1.82, 2.24) is 10.3 Å². The van der Waals surface area contributed by atoms with Crippen LogP contribution in [0.25, 0.3) is 0 Å². The fraction of sp³-hybridized carbons (Fsp3) is 0.154. The lowest BCUT2D eigenvalue weighted by molar-refractivity contribution is 0.102. The van der Waals surface area contributed by atoms with Gasteiger partial charge in [0.2, 0.25) is 0 Å². The fourth-order valence-electron chi connectivity index (χ4n) is 3.92. The highest BCUT2D eigenvalue weighted by Crippen LogP contribution is 2.36. The first kappa shape index (κ1) is 21.5. The summed E-state index contributed by atoms with van der Waals surface area (Å²) in [6.07, 6.45) is 3.30. The zero-order valence-electron chi connectivity index (χ0n) is 18.8. The number of anilines is 5. The number of amides is 1. The van der Waals surface area contributed by atoms with Gasteiger partial charge in [-0.3, -0.25) is 4.79 Å². The molecular formula is C26H25N5O3. The summed E-state index contributed by atoms with van der Waals surface area (Å²) in [6.45, 7) is 4.58. The molecule has 3 heterocycles. The van der Waals surface area contributed by atoms with E-state index < -0.39 is 0 Å². The molecule has 5 N–H and O–H groups in total. The molecule has 1 aliphatic rings. The van der Waals surface area contributed by atoms with Gasteiger partial charge in [0, 0.05) is 24.5 Å². The molecule has 8 heteroatoms. The first-order valence-corrected chi connectivity index (χ1v) is 11.0. The molecule has 2 aromatic heterocycles. The van der Waals surface area contributed by atoms with E-state index >= 15 is 0 Å². The van der Waals surface area contributed by atoms with Gasteiger partial charge in [-0.1, -0.05) is 12.1 Å². The minimum atomic E-state index is -0.274. The zero-order valence-corrected chi connectivity index (χ0v) is 18.8. The maximum Gasteiger partial charge on any atom is 0.261 e. The molecule has 1 aliphatic heterocycles. The van der Waals surface area contributed by atoms with E-state index in [-0.39, 0.29) is 17.7 Å². The Labute approximate surface area is 197 Å². The quantitative estimate of drug-likeness (QED) is 0.258. The third-order valence-electron chi connectivity index (χ3n) is 5.84. The lowest BCUT2D eigenvalue weighted by Gasteiger charge is -2.14. The fourth-order valence-corrected chi connectivity index (χ4v) is 3.92. The summed E-state index contributed by atoms with van der Waals surface area (Å²) in [4.78, 5) is 17.7. The Morgan fingerprint density at radius 3 is 2.76 bits per heavy atom. The third kappa shape index (κ3) is 4.31. The van der Waals surface area contributed by atoms with E-state index in [0.717, 1.165) is 22.6 Å². The molecule has 34 heavy (non-hydrogen) atoms. The molecule has 0 radical (unpaired) electrons. The van der Waals surface area contributed by atoms with E-state index in [1.807, 2.05) is 50.2 Å². The number of phenols is 1. The van der Waals surface area contributed by atoms with Crippen molar-refractivity contribution in [3.05, 3.63) is 89.5 Å². The molecular weight excluding hydrogens is 430 g/mol. The van der Waals surface area contributed by atoms with Gasteiger partial charge in [0.25, 0.3) is 5.91 Å². The summed E-state index contributed by atoms with van der Waals surface area (Å²) in [7, 11) is 0. The number of pyridine rings is 1. The molecule has 0 aliphatic carbocycles. The van der Waals surface area contributed by atoms with Crippen molar-refractivity contribution in [2.45, 2.75) is 26.4 Å². The number of aromatic nitrogens is 1. The summed E-state index contributed by atoms with van der Waals surface area (Å²) in [5.41, 5.74) is 5.09.